The second kappa shape index (κ2) is 9.69. The van der Waals surface area contributed by atoms with Gasteiger partial charge in [-0.1, -0.05) is 140 Å². The van der Waals surface area contributed by atoms with Crippen molar-refractivity contribution in [2.75, 3.05) is 4.90 Å². The number of hydrogen-bond acceptors (Lipinski definition) is 1. The lowest BCUT2D eigenvalue weighted by Crippen LogP contribution is -2.26. The molecule has 0 saturated heterocycles. The molecule has 1 heteroatoms. The zero-order valence-electron chi connectivity index (χ0n) is 24.2. The standard InChI is InChI=1S/C43H29N/c1-3-13-30(14-4-1)31-23-25-33(26-24-31)44(32-15-5-2-6-16-32)34-27-28-38-37-19-9-12-22-41(37)43(42(38)29-34)39-20-10-7-17-35(39)36-18-8-11-21-40(36)43/h1-29H. The Hall–Kier alpha value is -5.66. The van der Waals surface area contributed by atoms with Gasteiger partial charge in [0.15, 0.2) is 0 Å². The third-order valence-electron chi connectivity index (χ3n) is 9.49. The highest BCUT2D eigenvalue weighted by Gasteiger charge is 2.51. The Labute approximate surface area is 258 Å². The summed E-state index contributed by atoms with van der Waals surface area (Å²) in [5, 5.41) is 0. The Kier molecular flexibility index (Phi) is 5.48. The maximum atomic E-state index is 2.45. The molecule has 2 aliphatic rings. The van der Waals surface area contributed by atoms with Crippen LogP contribution >= 0.6 is 0 Å². The molecule has 7 aromatic carbocycles. The summed E-state index contributed by atoms with van der Waals surface area (Å²) in [6.07, 6.45) is 0. The summed E-state index contributed by atoms with van der Waals surface area (Å²) in [6.45, 7) is 0. The zero-order valence-corrected chi connectivity index (χ0v) is 24.2. The quantitative estimate of drug-likeness (QED) is 0.207. The molecule has 0 amide bonds. The second-order valence-electron chi connectivity index (χ2n) is 11.7. The maximum Gasteiger partial charge on any atom is 0.0726 e. The summed E-state index contributed by atoms with van der Waals surface area (Å²) >= 11 is 0. The predicted molar refractivity (Wildman–Crippen MR) is 183 cm³/mol. The number of hydrogen-bond donors (Lipinski definition) is 0. The Bertz CT molecular complexity index is 2100. The van der Waals surface area contributed by atoms with Crippen LogP contribution in [-0.2, 0) is 5.41 Å². The molecule has 0 radical (unpaired) electrons. The molecule has 0 N–H and O–H groups in total. The van der Waals surface area contributed by atoms with Crippen molar-refractivity contribution in [1.82, 2.24) is 0 Å². The normalized spacial score (nSPS) is 13.2. The van der Waals surface area contributed by atoms with Crippen molar-refractivity contribution < 1.29 is 0 Å². The van der Waals surface area contributed by atoms with Gasteiger partial charge in [-0.2, -0.15) is 0 Å². The number of anilines is 3. The molecule has 0 atom stereocenters. The zero-order chi connectivity index (χ0) is 29.1. The van der Waals surface area contributed by atoms with Gasteiger partial charge in [0.2, 0.25) is 0 Å². The van der Waals surface area contributed by atoms with Crippen molar-refractivity contribution in [2.45, 2.75) is 5.41 Å². The second-order valence-corrected chi connectivity index (χ2v) is 11.7. The molecule has 7 aromatic rings. The van der Waals surface area contributed by atoms with E-state index in [9.17, 15) is 0 Å². The van der Waals surface area contributed by atoms with E-state index in [1.807, 2.05) is 0 Å². The van der Waals surface area contributed by atoms with E-state index in [4.69, 9.17) is 0 Å². The van der Waals surface area contributed by atoms with Crippen LogP contribution in [0.3, 0.4) is 0 Å². The van der Waals surface area contributed by atoms with Gasteiger partial charge in [-0.25, -0.2) is 0 Å². The molecule has 1 nitrogen and oxygen atoms in total. The molecular weight excluding hydrogens is 530 g/mol. The third-order valence-corrected chi connectivity index (χ3v) is 9.49. The lowest BCUT2D eigenvalue weighted by atomic mass is 9.70. The van der Waals surface area contributed by atoms with Gasteiger partial charge in [0, 0.05) is 17.1 Å². The van der Waals surface area contributed by atoms with E-state index in [2.05, 4.69) is 181 Å². The summed E-state index contributed by atoms with van der Waals surface area (Å²) in [6, 6.07) is 64.3. The molecular formula is C43H29N. The number of fused-ring (bicyclic) bond motifs is 10. The van der Waals surface area contributed by atoms with Crippen molar-refractivity contribution in [1.29, 1.82) is 0 Å². The van der Waals surface area contributed by atoms with Crippen LogP contribution in [0.5, 0.6) is 0 Å². The first-order chi connectivity index (χ1) is 21.8. The highest BCUT2D eigenvalue weighted by atomic mass is 15.1. The largest absolute Gasteiger partial charge is 0.310 e. The minimum atomic E-state index is -0.366. The van der Waals surface area contributed by atoms with E-state index in [1.54, 1.807) is 0 Å². The Morgan fingerprint density at radius 3 is 1.27 bits per heavy atom. The van der Waals surface area contributed by atoms with Crippen LogP contribution in [0, 0.1) is 0 Å². The fourth-order valence-electron chi connectivity index (χ4n) is 7.68. The summed E-state index contributed by atoms with van der Waals surface area (Å²) in [4.78, 5) is 2.39. The van der Waals surface area contributed by atoms with Crippen molar-refractivity contribution in [3.8, 4) is 33.4 Å². The average Bonchev–Trinajstić information content (AvgIpc) is 3.57. The van der Waals surface area contributed by atoms with Crippen LogP contribution in [0.4, 0.5) is 17.1 Å². The fraction of sp³-hybridized carbons (Fsp3) is 0.0233. The molecule has 0 unspecified atom stereocenters. The molecule has 0 aromatic heterocycles. The van der Waals surface area contributed by atoms with Crippen LogP contribution in [0.2, 0.25) is 0 Å². The maximum absolute atomic E-state index is 2.45. The van der Waals surface area contributed by atoms with Crippen LogP contribution < -0.4 is 4.90 Å². The number of rotatable bonds is 4. The molecule has 0 aliphatic heterocycles. The lowest BCUT2D eigenvalue weighted by Gasteiger charge is -2.32. The number of nitrogens with zero attached hydrogens (tertiary/aromatic N) is 1. The summed E-state index contributed by atoms with van der Waals surface area (Å²) in [5.74, 6) is 0. The summed E-state index contributed by atoms with van der Waals surface area (Å²) in [7, 11) is 0. The molecule has 0 bridgehead atoms. The third kappa shape index (κ3) is 3.47. The first-order valence-electron chi connectivity index (χ1n) is 15.3. The van der Waals surface area contributed by atoms with Gasteiger partial charge in [-0.15, -0.1) is 0 Å². The molecule has 0 fully saturated rings. The van der Waals surface area contributed by atoms with E-state index in [-0.39, 0.29) is 5.41 Å². The highest BCUT2D eigenvalue weighted by molar-refractivity contribution is 5.96. The first-order valence-corrected chi connectivity index (χ1v) is 15.3. The van der Waals surface area contributed by atoms with Crippen LogP contribution in [0.25, 0.3) is 33.4 Å². The fourth-order valence-corrected chi connectivity index (χ4v) is 7.68. The van der Waals surface area contributed by atoms with Crippen LogP contribution in [-0.4, -0.2) is 0 Å². The predicted octanol–water partition coefficient (Wildman–Crippen LogP) is 11.2. The van der Waals surface area contributed by atoms with E-state index >= 15 is 0 Å². The van der Waals surface area contributed by atoms with Crippen molar-refractivity contribution in [2.24, 2.45) is 0 Å². The summed E-state index contributed by atoms with van der Waals surface area (Å²) < 4.78 is 0. The van der Waals surface area contributed by atoms with Crippen LogP contribution in [0.1, 0.15) is 22.3 Å². The van der Waals surface area contributed by atoms with E-state index in [1.165, 1.54) is 55.6 Å². The van der Waals surface area contributed by atoms with Gasteiger partial charge < -0.3 is 4.90 Å². The van der Waals surface area contributed by atoms with Crippen molar-refractivity contribution in [3.63, 3.8) is 0 Å². The first kappa shape index (κ1) is 24.9. The van der Waals surface area contributed by atoms with Crippen LogP contribution in [0.15, 0.2) is 176 Å². The van der Waals surface area contributed by atoms with E-state index < -0.39 is 0 Å². The number of benzene rings is 7. The van der Waals surface area contributed by atoms with Crippen molar-refractivity contribution >= 4 is 17.1 Å². The minimum absolute atomic E-state index is 0.366. The van der Waals surface area contributed by atoms with Gasteiger partial charge in [0.1, 0.15) is 0 Å². The van der Waals surface area contributed by atoms with Gasteiger partial charge >= 0.3 is 0 Å². The van der Waals surface area contributed by atoms with Gasteiger partial charge in [0.25, 0.3) is 0 Å². The van der Waals surface area contributed by atoms with Gasteiger partial charge in [0.05, 0.1) is 5.41 Å². The molecule has 206 valence electrons. The molecule has 0 saturated carbocycles. The molecule has 44 heavy (non-hydrogen) atoms. The minimum Gasteiger partial charge on any atom is -0.310 e. The molecule has 2 aliphatic carbocycles. The monoisotopic (exact) mass is 559 g/mol. The Morgan fingerprint density at radius 2 is 0.705 bits per heavy atom. The Morgan fingerprint density at radius 1 is 0.295 bits per heavy atom. The lowest BCUT2D eigenvalue weighted by molar-refractivity contribution is 0.793. The SMILES string of the molecule is c1ccc(-c2ccc(N(c3ccccc3)c3ccc4c(c3)C3(c5ccccc5-c5ccccc53)c3ccccc3-4)cc2)cc1. The average molecular weight is 560 g/mol. The summed E-state index contributed by atoms with van der Waals surface area (Å²) in [5.41, 5.74) is 16.2. The van der Waals surface area contributed by atoms with Gasteiger partial charge in [-0.05, 0) is 92.0 Å². The number of para-hydroxylation sites is 1. The van der Waals surface area contributed by atoms with E-state index in [0.717, 1.165) is 17.1 Å². The van der Waals surface area contributed by atoms with Gasteiger partial charge in [-0.3, -0.25) is 0 Å². The van der Waals surface area contributed by atoms with Crippen molar-refractivity contribution in [3.05, 3.63) is 198 Å². The highest BCUT2D eigenvalue weighted by Crippen LogP contribution is 2.63. The molecule has 9 rings (SSSR count). The molecule has 1 spiro atoms. The molecule has 0 heterocycles. The smallest absolute Gasteiger partial charge is 0.0726 e. The topological polar surface area (TPSA) is 3.24 Å². The Balaban J connectivity index is 1.28. The van der Waals surface area contributed by atoms with E-state index in [0.29, 0.717) is 0 Å².